The highest BCUT2D eigenvalue weighted by Crippen LogP contribution is 2.24. The van der Waals surface area contributed by atoms with Gasteiger partial charge in [0.15, 0.2) is 0 Å². The lowest BCUT2D eigenvalue weighted by Gasteiger charge is -2.24. The largest absolute Gasteiger partial charge is 0.333 e. The first kappa shape index (κ1) is 23.3. The van der Waals surface area contributed by atoms with E-state index in [-0.39, 0.29) is 10.8 Å². The van der Waals surface area contributed by atoms with E-state index < -0.39 is 17.8 Å². The van der Waals surface area contributed by atoms with Gasteiger partial charge in [0.2, 0.25) is 0 Å². The zero-order valence-corrected chi connectivity index (χ0v) is 19.2. The molecule has 0 aliphatic rings. The molecule has 0 aromatic heterocycles. The van der Waals surface area contributed by atoms with Gasteiger partial charge in [-0.25, -0.2) is 4.79 Å². The van der Waals surface area contributed by atoms with E-state index in [9.17, 15) is 14.4 Å². The Bertz CT molecular complexity index is 853. The Morgan fingerprint density at radius 3 is 1.07 bits per heavy atom. The van der Waals surface area contributed by atoms with Crippen molar-refractivity contribution in [3.8, 4) is 0 Å². The van der Waals surface area contributed by atoms with Crippen LogP contribution in [0.15, 0.2) is 48.5 Å². The van der Waals surface area contributed by atoms with Crippen LogP contribution >= 0.6 is 0 Å². The molecule has 0 aliphatic carbocycles. The van der Waals surface area contributed by atoms with Gasteiger partial charge in [-0.2, -0.15) is 0 Å². The molecule has 0 N–H and O–H groups in total. The zero-order chi connectivity index (χ0) is 22.9. The summed E-state index contributed by atoms with van der Waals surface area (Å²) in [6, 6.07) is 13.7. The van der Waals surface area contributed by atoms with Crippen molar-refractivity contribution in [2.45, 2.75) is 52.4 Å². The molecule has 2 aromatic rings. The lowest BCUT2D eigenvalue weighted by molar-refractivity contribution is 0.0738. The number of nitrogens with zero attached hydrogens (tertiary/aromatic N) is 2. The summed E-state index contributed by atoms with van der Waals surface area (Å²) in [5.74, 6) is -0.911. The molecule has 0 fully saturated rings. The summed E-state index contributed by atoms with van der Waals surface area (Å²) in [6.07, 6.45) is 0. The summed E-state index contributed by atoms with van der Waals surface area (Å²) in [6.45, 7) is 12.5. The van der Waals surface area contributed by atoms with E-state index >= 15 is 0 Å². The normalized spacial score (nSPS) is 11.7. The smallest absolute Gasteiger partial charge is 0.269 e. The van der Waals surface area contributed by atoms with Crippen LogP contribution in [-0.2, 0) is 10.8 Å². The summed E-state index contributed by atoms with van der Waals surface area (Å²) in [5.41, 5.74) is 2.93. The van der Waals surface area contributed by atoms with E-state index in [0.29, 0.717) is 11.1 Å². The van der Waals surface area contributed by atoms with Crippen LogP contribution in [0.25, 0.3) is 0 Å². The number of amides is 4. The van der Waals surface area contributed by atoms with Gasteiger partial charge in [0.1, 0.15) is 0 Å². The number of hydrogen-bond acceptors (Lipinski definition) is 3. The first-order chi connectivity index (χ1) is 13.7. The summed E-state index contributed by atoms with van der Waals surface area (Å²) < 4.78 is 0. The van der Waals surface area contributed by atoms with E-state index in [1.54, 1.807) is 24.3 Å². The second kappa shape index (κ2) is 8.42. The molecule has 0 spiro atoms. The van der Waals surface area contributed by atoms with Gasteiger partial charge in [-0.05, 0) is 46.2 Å². The summed E-state index contributed by atoms with van der Waals surface area (Å²) >= 11 is 0. The Kier molecular flexibility index (Phi) is 6.55. The van der Waals surface area contributed by atoms with Crippen LogP contribution in [0.1, 0.15) is 73.4 Å². The summed E-state index contributed by atoms with van der Waals surface area (Å²) in [4.78, 5) is 40.1. The van der Waals surface area contributed by atoms with Gasteiger partial charge >= 0.3 is 6.03 Å². The van der Waals surface area contributed by atoms with Crippen LogP contribution in [0, 0.1) is 0 Å². The van der Waals surface area contributed by atoms with E-state index in [0.717, 1.165) is 20.9 Å². The third-order valence-corrected chi connectivity index (χ3v) is 5.18. The van der Waals surface area contributed by atoms with Crippen LogP contribution in [-0.4, -0.2) is 41.7 Å². The first-order valence-corrected chi connectivity index (χ1v) is 10.0. The fraction of sp³-hybridized carbons (Fsp3) is 0.400. The van der Waals surface area contributed by atoms with E-state index in [4.69, 9.17) is 0 Å². The van der Waals surface area contributed by atoms with Crippen molar-refractivity contribution in [1.82, 2.24) is 9.80 Å². The molecule has 30 heavy (non-hydrogen) atoms. The van der Waals surface area contributed by atoms with Gasteiger partial charge in [0.25, 0.3) is 11.8 Å². The minimum atomic E-state index is -0.676. The van der Waals surface area contributed by atoms with E-state index in [1.807, 2.05) is 24.3 Å². The highest BCUT2D eigenvalue weighted by Gasteiger charge is 2.27. The molecule has 2 rings (SSSR count). The van der Waals surface area contributed by atoms with Crippen LogP contribution in [0.2, 0.25) is 0 Å². The molecule has 0 atom stereocenters. The molecular weight excluding hydrogens is 376 g/mol. The molecule has 4 amide bonds. The second-order valence-corrected chi connectivity index (χ2v) is 9.67. The molecule has 0 unspecified atom stereocenters. The number of rotatable bonds is 2. The number of benzene rings is 2. The Hall–Kier alpha value is -2.95. The SMILES string of the molecule is CN(C(=O)c1ccc(C(C)(C)C)cc1)C(=O)N(C)C(=O)c1ccc(C(C)(C)C)cc1. The molecule has 5 nitrogen and oxygen atoms in total. The third-order valence-electron chi connectivity index (χ3n) is 5.18. The predicted molar refractivity (Wildman–Crippen MR) is 120 cm³/mol. The van der Waals surface area contributed by atoms with Crippen LogP contribution in [0.4, 0.5) is 4.79 Å². The maximum Gasteiger partial charge on any atom is 0.333 e. The van der Waals surface area contributed by atoms with Gasteiger partial charge in [-0.3, -0.25) is 19.4 Å². The average Bonchev–Trinajstić information content (AvgIpc) is 2.70. The van der Waals surface area contributed by atoms with Crippen molar-refractivity contribution in [3.63, 3.8) is 0 Å². The zero-order valence-electron chi connectivity index (χ0n) is 19.2. The second-order valence-electron chi connectivity index (χ2n) is 9.67. The number of carbonyl (C=O) groups is 3. The van der Waals surface area contributed by atoms with E-state index in [2.05, 4.69) is 41.5 Å². The highest BCUT2D eigenvalue weighted by atomic mass is 16.2. The molecule has 5 heteroatoms. The van der Waals surface area contributed by atoms with Gasteiger partial charge in [0.05, 0.1) is 0 Å². The minimum Gasteiger partial charge on any atom is -0.269 e. The maximum atomic E-state index is 12.7. The Labute approximate surface area is 179 Å². The van der Waals surface area contributed by atoms with Crippen LogP contribution < -0.4 is 0 Å². The van der Waals surface area contributed by atoms with Crippen molar-refractivity contribution >= 4 is 17.8 Å². The highest BCUT2D eigenvalue weighted by molar-refractivity contribution is 6.10. The third kappa shape index (κ3) is 5.15. The lowest BCUT2D eigenvalue weighted by Crippen LogP contribution is -2.45. The summed E-state index contributed by atoms with van der Waals surface area (Å²) in [7, 11) is 2.77. The minimum absolute atomic E-state index is 0.0293. The Morgan fingerprint density at radius 1 is 0.567 bits per heavy atom. The maximum absolute atomic E-state index is 12.7. The van der Waals surface area contributed by atoms with Crippen LogP contribution in [0.3, 0.4) is 0 Å². The molecule has 160 valence electrons. The van der Waals surface area contributed by atoms with Crippen molar-refractivity contribution in [3.05, 3.63) is 70.8 Å². The monoisotopic (exact) mass is 408 g/mol. The number of urea groups is 1. The van der Waals surface area contributed by atoms with Crippen molar-refractivity contribution in [2.75, 3.05) is 14.1 Å². The van der Waals surface area contributed by atoms with Crippen molar-refractivity contribution in [1.29, 1.82) is 0 Å². The standard InChI is InChI=1S/C25H32N2O3/c1-24(2,3)19-13-9-17(10-14-19)21(28)26(7)23(30)27(8)22(29)18-11-15-20(16-12-18)25(4,5)6/h9-16H,1-8H3. The topological polar surface area (TPSA) is 57.7 Å². The molecule has 0 heterocycles. The molecule has 0 saturated heterocycles. The molecule has 0 bridgehead atoms. The number of imide groups is 2. The van der Waals surface area contributed by atoms with E-state index in [1.165, 1.54) is 14.1 Å². The van der Waals surface area contributed by atoms with Crippen molar-refractivity contribution in [2.24, 2.45) is 0 Å². The quantitative estimate of drug-likeness (QED) is 0.682. The molecule has 0 radical (unpaired) electrons. The lowest BCUT2D eigenvalue weighted by atomic mass is 9.86. The summed E-state index contributed by atoms with van der Waals surface area (Å²) in [5, 5.41) is 0. The fourth-order valence-corrected chi connectivity index (χ4v) is 3.01. The van der Waals surface area contributed by atoms with Crippen molar-refractivity contribution < 1.29 is 14.4 Å². The number of hydrogen-bond donors (Lipinski definition) is 0. The molecule has 2 aromatic carbocycles. The average molecular weight is 409 g/mol. The Balaban J connectivity index is 2.14. The number of carbonyl (C=O) groups excluding carboxylic acids is 3. The molecule has 0 aliphatic heterocycles. The molecular formula is C25H32N2O3. The van der Waals surface area contributed by atoms with Gasteiger partial charge in [-0.15, -0.1) is 0 Å². The predicted octanol–water partition coefficient (Wildman–Crippen LogP) is 5.25. The van der Waals surface area contributed by atoms with Gasteiger partial charge in [-0.1, -0.05) is 65.8 Å². The van der Waals surface area contributed by atoms with Gasteiger partial charge < -0.3 is 0 Å². The van der Waals surface area contributed by atoms with Crippen LogP contribution in [0.5, 0.6) is 0 Å². The fourth-order valence-electron chi connectivity index (χ4n) is 3.01. The Morgan fingerprint density at radius 2 is 0.833 bits per heavy atom. The van der Waals surface area contributed by atoms with Gasteiger partial charge in [0, 0.05) is 25.2 Å². The first-order valence-electron chi connectivity index (χ1n) is 10.0. The molecule has 0 saturated carbocycles.